The summed E-state index contributed by atoms with van der Waals surface area (Å²) in [6, 6.07) is 0. The van der Waals surface area contributed by atoms with Gasteiger partial charge < -0.3 is 24.4 Å². The van der Waals surface area contributed by atoms with Gasteiger partial charge in [-0.1, -0.05) is 0 Å². The maximum absolute atomic E-state index is 9.26. The number of hydrogen-bond donors (Lipinski definition) is 3. The van der Waals surface area contributed by atoms with Gasteiger partial charge in [-0.3, -0.25) is 4.52 Å². The fraction of sp³-hybridized carbons (Fsp3) is 1.00. The molecule has 15 heavy (non-hydrogen) atoms. The molecule has 2 saturated heterocycles. The van der Waals surface area contributed by atoms with Gasteiger partial charge in [-0.05, 0) is 18.7 Å². The quantitative estimate of drug-likeness (QED) is 0.566. The molecule has 0 aromatic rings. The zero-order valence-electron chi connectivity index (χ0n) is 8.07. The van der Waals surface area contributed by atoms with E-state index in [-0.39, 0.29) is 19.3 Å². The minimum absolute atomic E-state index is 0.179. The number of aliphatic hydroxyl groups excluding tert-OH is 1. The van der Waals surface area contributed by atoms with Crippen LogP contribution in [0.5, 0.6) is 0 Å². The molecule has 0 amide bonds. The van der Waals surface area contributed by atoms with E-state index in [0.717, 1.165) is 0 Å². The van der Waals surface area contributed by atoms with Crippen molar-refractivity contribution in [1.82, 2.24) is 0 Å². The van der Waals surface area contributed by atoms with Crippen molar-refractivity contribution < 1.29 is 28.9 Å². The fourth-order valence-electron chi connectivity index (χ4n) is 2.10. The highest BCUT2D eigenvalue weighted by Gasteiger charge is 2.61. The molecule has 4 atom stereocenters. The van der Waals surface area contributed by atoms with E-state index in [2.05, 4.69) is 11.8 Å². The van der Waals surface area contributed by atoms with Gasteiger partial charge in [0, 0.05) is 0 Å². The first kappa shape index (κ1) is 11.9. The van der Waals surface area contributed by atoms with Crippen LogP contribution >= 0.6 is 6.72 Å². The summed E-state index contributed by atoms with van der Waals surface area (Å²) in [5, 5.41) is 9.26. The maximum atomic E-state index is 9.26. The van der Waals surface area contributed by atoms with Crippen molar-refractivity contribution in [3.63, 3.8) is 0 Å². The Morgan fingerprint density at radius 3 is 2.73 bits per heavy atom. The number of rotatable bonds is 3. The molecule has 6 nitrogen and oxygen atoms in total. The third-order valence-corrected chi connectivity index (χ3v) is 3.50. The van der Waals surface area contributed by atoms with E-state index in [1.807, 2.05) is 0 Å². The molecule has 0 spiro atoms. The molecular weight excluding hydrogens is 243 g/mol. The molecule has 0 radical (unpaired) electrons. The second-order valence-corrected chi connectivity index (χ2v) is 6.46. The van der Waals surface area contributed by atoms with Crippen LogP contribution in [-0.4, -0.2) is 52.0 Å². The Balaban J connectivity index is 2.21. The third kappa shape index (κ3) is 1.99. The van der Waals surface area contributed by atoms with Crippen molar-refractivity contribution in [1.29, 1.82) is 0 Å². The van der Waals surface area contributed by atoms with Gasteiger partial charge in [-0.25, -0.2) is 0 Å². The molecule has 88 valence electrons. The summed E-state index contributed by atoms with van der Waals surface area (Å²) < 4.78 is 15.8. The first-order chi connectivity index (χ1) is 6.88. The van der Waals surface area contributed by atoms with E-state index in [4.69, 9.17) is 23.8 Å². The van der Waals surface area contributed by atoms with Crippen LogP contribution in [0.1, 0.15) is 6.92 Å². The Bertz CT molecular complexity index is 306. The summed E-state index contributed by atoms with van der Waals surface area (Å²) in [5.41, 5.74) is -1.00. The number of aliphatic hydroxyl groups is 1. The number of fused-ring (bicyclic) bond motifs is 2. The maximum Gasteiger partial charge on any atom is 0.322 e. The third-order valence-electron chi connectivity index (χ3n) is 2.74. The largest absolute Gasteiger partial charge is 0.393 e. The Morgan fingerprint density at radius 1 is 1.60 bits per heavy atom. The molecule has 0 aromatic carbocycles. The zero-order valence-corrected chi connectivity index (χ0v) is 9.78. The first-order valence-electron chi connectivity index (χ1n) is 4.52. The van der Waals surface area contributed by atoms with Crippen LogP contribution in [-0.2, 0) is 25.8 Å². The van der Waals surface area contributed by atoms with E-state index in [0.29, 0.717) is 0 Å². The molecular formula is C7H13O6PS. The smallest absolute Gasteiger partial charge is 0.322 e. The minimum Gasteiger partial charge on any atom is -0.393 e. The molecule has 2 heterocycles. The molecule has 0 aliphatic carbocycles. The SMILES string of the molecule is C[C@@H]1O[C@@]2(CO)CO[C@H]1C2OP(O)(O)=S. The Morgan fingerprint density at radius 2 is 2.27 bits per heavy atom. The molecule has 2 aliphatic heterocycles. The predicted octanol–water partition coefficient (Wildman–Crippen LogP) is -0.871. The van der Waals surface area contributed by atoms with Gasteiger partial charge in [-0.2, -0.15) is 0 Å². The molecule has 8 heteroatoms. The Hall–Kier alpha value is 0.410. The molecule has 1 unspecified atom stereocenters. The lowest BCUT2D eigenvalue weighted by Crippen LogP contribution is -2.45. The van der Waals surface area contributed by atoms with Gasteiger partial charge in [0.2, 0.25) is 0 Å². The van der Waals surface area contributed by atoms with Crippen LogP contribution in [0.3, 0.4) is 0 Å². The van der Waals surface area contributed by atoms with Crippen molar-refractivity contribution in [3.8, 4) is 0 Å². The molecule has 2 aliphatic rings. The highest BCUT2D eigenvalue weighted by atomic mass is 32.5. The summed E-state index contributed by atoms with van der Waals surface area (Å²) in [4.78, 5) is 18.2. The summed E-state index contributed by atoms with van der Waals surface area (Å²) in [6.45, 7) is -2.11. The molecule has 0 saturated carbocycles. The Labute approximate surface area is 92.0 Å². The van der Waals surface area contributed by atoms with E-state index in [1.165, 1.54) is 0 Å². The second-order valence-electron chi connectivity index (χ2n) is 3.84. The number of hydrogen-bond acceptors (Lipinski definition) is 5. The standard InChI is InChI=1S/C7H13O6PS/c1-4-5-6(13-14(9,10)15)7(2-8,12-4)3-11-5/h4-6,8H,2-3H2,1H3,(H2,9,10,15)/t4-,5+,6?,7-/m0/s1. The molecule has 2 bridgehead atoms. The molecule has 2 fully saturated rings. The van der Waals surface area contributed by atoms with Gasteiger partial charge >= 0.3 is 6.72 Å². The van der Waals surface area contributed by atoms with E-state index in [9.17, 15) is 5.11 Å². The highest BCUT2D eigenvalue weighted by molar-refractivity contribution is 8.06. The van der Waals surface area contributed by atoms with Crippen molar-refractivity contribution >= 4 is 18.5 Å². The van der Waals surface area contributed by atoms with Crippen LogP contribution in [0.15, 0.2) is 0 Å². The summed E-state index contributed by atoms with van der Waals surface area (Å²) in [6.07, 6.45) is -1.37. The summed E-state index contributed by atoms with van der Waals surface area (Å²) in [5.74, 6) is 0. The van der Waals surface area contributed by atoms with E-state index < -0.39 is 24.5 Å². The van der Waals surface area contributed by atoms with Crippen molar-refractivity contribution in [2.75, 3.05) is 13.2 Å². The lowest BCUT2D eigenvalue weighted by atomic mass is 10.0. The van der Waals surface area contributed by atoms with Crippen molar-refractivity contribution in [2.24, 2.45) is 0 Å². The minimum atomic E-state index is -3.77. The van der Waals surface area contributed by atoms with Gasteiger partial charge in [0.25, 0.3) is 0 Å². The first-order valence-corrected chi connectivity index (χ1v) is 7.15. The molecule has 2 rings (SSSR count). The number of ether oxygens (including phenoxy) is 2. The second kappa shape index (κ2) is 3.72. The van der Waals surface area contributed by atoms with Gasteiger partial charge in [-0.15, -0.1) is 0 Å². The van der Waals surface area contributed by atoms with Crippen LogP contribution in [0.25, 0.3) is 0 Å². The summed E-state index contributed by atoms with van der Waals surface area (Å²) >= 11 is 4.40. The zero-order chi connectivity index (χ0) is 11.3. The Kier molecular flexibility index (Phi) is 2.94. The summed E-state index contributed by atoms with van der Waals surface area (Å²) in [7, 11) is 0. The average molecular weight is 256 g/mol. The van der Waals surface area contributed by atoms with Gasteiger partial charge in [0.1, 0.15) is 17.8 Å². The van der Waals surface area contributed by atoms with Crippen LogP contribution in [0.4, 0.5) is 0 Å². The topological polar surface area (TPSA) is 88.4 Å². The molecule has 0 aromatic heterocycles. The predicted molar refractivity (Wildman–Crippen MR) is 53.7 cm³/mol. The van der Waals surface area contributed by atoms with E-state index >= 15 is 0 Å². The van der Waals surface area contributed by atoms with Crippen molar-refractivity contribution in [2.45, 2.75) is 30.8 Å². The lowest BCUT2D eigenvalue weighted by molar-refractivity contribution is -0.154. The highest BCUT2D eigenvalue weighted by Crippen LogP contribution is 2.49. The monoisotopic (exact) mass is 256 g/mol. The fourth-order valence-corrected chi connectivity index (χ4v) is 2.99. The van der Waals surface area contributed by atoms with Gasteiger partial charge in [0.05, 0.1) is 19.3 Å². The molecule has 3 N–H and O–H groups in total. The average Bonchev–Trinajstić information content (AvgIpc) is 2.55. The van der Waals surface area contributed by atoms with Crippen LogP contribution in [0.2, 0.25) is 0 Å². The van der Waals surface area contributed by atoms with Crippen LogP contribution < -0.4 is 0 Å². The van der Waals surface area contributed by atoms with Crippen LogP contribution in [0, 0.1) is 0 Å². The van der Waals surface area contributed by atoms with E-state index in [1.54, 1.807) is 6.92 Å². The lowest BCUT2D eigenvalue weighted by Gasteiger charge is -2.28. The van der Waals surface area contributed by atoms with Gasteiger partial charge in [0.15, 0.2) is 0 Å². The normalized spacial score (nSPS) is 44.9. The van der Waals surface area contributed by atoms with Crippen molar-refractivity contribution in [3.05, 3.63) is 0 Å².